The Morgan fingerprint density at radius 2 is 1.74 bits per heavy atom. The minimum atomic E-state index is -0.777. The van der Waals surface area contributed by atoms with Gasteiger partial charge in [0.25, 0.3) is 0 Å². The van der Waals surface area contributed by atoms with Crippen LogP contribution in [0.2, 0.25) is 0 Å². The van der Waals surface area contributed by atoms with Gasteiger partial charge in [-0.3, -0.25) is 4.79 Å². The molecule has 0 atom stereocenters. The minimum absolute atomic E-state index is 0.103. The van der Waals surface area contributed by atoms with Gasteiger partial charge in [0.1, 0.15) is 0 Å². The lowest BCUT2D eigenvalue weighted by molar-refractivity contribution is -0.136. The number of rotatable bonds is 5. The Labute approximate surface area is 115 Å². The molecule has 0 heterocycles. The Morgan fingerprint density at radius 3 is 2.32 bits per heavy atom. The van der Waals surface area contributed by atoms with Gasteiger partial charge < -0.3 is 10.4 Å². The van der Waals surface area contributed by atoms with Gasteiger partial charge in [-0.1, -0.05) is 43.5 Å². The molecule has 0 unspecified atom stereocenters. The maximum Gasteiger partial charge on any atom is 0.307 e. The van der Waals surface area contributed by atoms with Crippen LogP contribution in [0, 0.1) is 0 Å². The summed E-state index contributed by atoms with van der Waals surface area (Å²) in [4.78, 5) is 10.6. The van der Waals surface area contributed by atoms with Crippen LogP contribution in [0.5, 0.6) is 0 Å². The van der Waals surface area contributed by atoms with Crippen molar-refractivity contribution in [2.24, 2.45) is 0 Å². The average molecular weight is 261 g/mol. The minimum Gasteiger partial charge on any atom is -0.481 e. The molecule has 0 saturated heterocycles. The number of benzene rings is 1. The molecule has 1 aliphatic rings. The van der Waals surface area contributed by atoms with E-state index in [-0.39, 0.29) is 12.0 Å². The van der Waals surface area contributed by atoms with Crippen molar-refractivity contribution in [1.29, 1.82) is 0 Å². The van der Waals surface area contributed by atoms with Gasteiger partial charge >= 0.3 is 5.97 Å². The Bertz CT molecular complexity index is 419. The molecule has 0 amide bonds. The third kappa shape index (κ3) is 4.35. The molecule has 0 bridgehead atoms. The Kier molecular flexibility index (Phi) is 4.59. The fourth-order valence-electron chi connectivity index (χ4n) is 2.77. The molecule has 1 aromatic carbocycles. The Balaban J connectivity index is 1.87. The topological polar surface area (TPSA) is 49.3 Å². The predicted octanol–water partition coefficient (Wildman–Crippen LogP) is 3.13. The predicted molar refractivity (Wildman–Crippen MR) is 76.1 cm³/mol. The zero-order valence-corrected chi connectivity index (χ0v) is 11.6. The lowest BCUT2D eigenvalue weighted by atomic mass is 9.83. The van der Waals surface area contributed by atoms with Crippen LogP contribution in [0.1, 0.15) is 50.2 Å². The second kappa shape index (κ2) is 6.20. The van der Waals surface area contributed by atoms with E-state index in [1.807, 2.05) is 24.3 Å². The lowest BCUT2D eigenvalue weighted by Gasteiger charge is -2.34. The zero-order valence-electron chi connectivity index (χ0n) is 11.6. The molecule has 1 aliphatic carbocycles. The van der Waals surface area contributed by atoms with E-state index in [0.29, 0.717) is 0 Å². The lowest BCUT2D eigenvalue weighted by Crippen LogP contribution is -2.43. The van der Waals surface area contributed by atoms with Crippen molar-refractivity contribution in [2.75, 3.05) is 0 Å². The quantitative estimate of drug-likeness (QED) is 0.856. The monoisotopic (exact) mass is 261 g/mol. The number of hydrogen-bond acceptors (Lipinski definition) is 2. The average Bonchev–Trinajstić information content (AvgIpc) is 2.38. The first-order valence-corrected chi connectivity index (χ1v) is 7.12. The fraction of sp³-hybridized carbons (Fsp3) is 0.562. The highest BCUT2D eigenvalue weighted by Crippen LogP contribution is 2.27. The summed E-state index contributed by atoms with van der Waals surface area (Å²) in [7, 11) is 0. The van der Waals surface area contributed by atoms with E-state index in [2.05, 4.69) is 12.2 Å². The number of carbonyl (C=O) groups is 1. The van der Waals surface area contributed by atoms with Gasteiger partial charge in [-0.05, 0) is 30.9 Å². The third-order valence-corrected chi connectivity index (χ3v) is 4.05. The first kappa shape index (κ1) is 14.1. The van der Waals surface area contributed by atoms with E-state index >= 15 is 0 Å². The molecule has 3 heteroatoms. The third-order valence-electron chi connectivity index (χ3n) is 4.05. The van der Waals surface area contributed by atoms with E-state index in [1.54, 1.807) is 0 Å². The van der Waals surface area contributed by atoms with E-state index in [1.165, 1.54) is 37.7 Å². The maximum absolute atomic E-state index is 10.6. The molecule has 1 aromatic rings. The molecule has 0 spiro atoms. The van der Waals surface area contributed by atoms with E-state index in [4.69, 9.17) is 5.11 Å². The van der Waals surface area contributed by atoms with Crippen LogP contribution < -0.4 is 5.32 Å². The van der Waals surface area contributed by atoms with Crippen LogP contribution in [-0.4, -0.2) is 16.6 Å². The first-order chi connectivity index (χ1) is 9.07. The largest absolute Gasteiger partial charge is 0.481 e. The van der Waals surface area contributed by atoms with E-state index in [0.717, 1.165) is 12.1 Å². The van der Waals surface area contributed by atoms with Gasteiger partial charge in [0, 0.05) is 12.1 Å². The number of carboxylic acids is 1. The molecular formula is C16H23NO2. The molecule has 2 N–H and O–H groups in total. The van der Waals surface area contributed by atoms with E-state index < -0.39 is 5.97 Å². The highest BCUT2D eigenvalue weighted by atomic mass is 16.4. The molecule has 1 saturated carbocycles. The van der Waals surface area contributed by atoms with Gasteiger partial charge in [-0.25, -0.2) is 0 Å². The number of hydrogen-bond donors (Lipinski definition) is 2. The standard InChI is InChI=1S/C16H23NO2/c1-16(9-3-2-4-10-16)17-12-14-7-5-13(6-8-14)11-15(18)19/h5-8,17H,2-4,9-12H2,1H3,(H,18,19). The van der Waals surface area contributed by atoms with Gasteiger partial charge in [0.2, 0.25) is 0 Å². The molecule has 104 valence electrons. The fourth-order valence-corrected chi connectivity index (χ4v) is 2.77. The smallest absolute Gasteiger partial charge is 0.307 e. The van der Waals surface area contributed by atoms with Gasteiger partial charge in [-0.15, -0.1) is 0 Å². The van der Waals surface area contributed by atoms with Gasteiger partial charge in [0.15, 0.2) is 0 Å². The zero-order chi connectivity index (χ0) is 13.7. The maximum atomic E-state index is 10.6. The van der Waals surface area contributed by atoms with Crippen molar-refractivity contribution in [1.82, 2.24) is 5.32 Å². The summed E-state index contributed by atoms with van der Waals surface area (Å²) in [5, 5.41) is 12.4. The summed E-state index contributed by atoms with van der Waals surface area (Å²) in [6.07, 6.45) is 6.61. The Morgan fingerprint density at radius 1 is 1.16 bits per heavy atom. The second-order valence-corrected chi connectivity index (χ2v) is 5.86. The highest BCUT2D eigenvalue weighted by molar-refractivity contribution is 5.70. The van der Waals surface area contributed by atoms with Crippen molar-refractivity contribution >= 4 is 5.97 Å². The molecule has 0 radical (unpaired) electrons. The molecule has 0 aliphatic heterocycles. The molecule has 0 aromatic heterocycles. The van der Waals surface area contributed by atoms with Crippen LogP contribution >= 0.6 is 0 Å². The first-order valence-electron chi connectivity index (χ1n) is 7.12. The van der Waals surface area contributed by atoms with Crippen LogP contribution in [-0.2, 0) is 17.8 Å². The summed E-state index contributed by atoms with van der Waals surface area (Å²) in [6.45, 7) is 3.18. The van der Waals surface area contributed by atoms with Crippen molar-refractivity contribution in [2.45, 2.75) is 57.5 Å². The molecule has 2 rings (SSSR count). The summed E-state index contributed by atoms with van der Waals surface area (Å²) in [6, 6.07) is 7.87. The van der Waals surface area contributed by atoms with Crippen LogP contribution in [0.25, 0.3) is 0 Å². The van der Waals surface area contributed by atoms with Crippen molar-refractivity contribution in [3.05, 3.63) is 35.4 Å². The van der Waals surface area contributed by atoms with Gasteiger partial charge in [0.05, 0.1) is 6.42 Å². The summed E-state index contributed by atoms with van der Waals surface area (Å²) >= 11 is 0. The van der Waals surface area contributed by atoms with Crippen molar-refractivity contribution in [3.8, 4) is 0 Å². The Hall–Kier alpha value is -1.35. The van der Waals surface area contributed by atoms with E-state index in [9.17, 15) is 4.79 Å². The highest BCUT2D eigenvalue weighted by Gasteiger charge is 2.25. The molecule has 3 nitrogen and oxygen atoms in total. The summed E-state index contributed by atoms with van der Waals surface area (Å²) in [5.41, 5.74) is 2.36. The van der Waals surface area contributed by atoms with Crippen molar-refractivity contribution < 1.29 is 9.90 Å². The molecular weight excluding hydrogens is 238 g/mol. The van der Waals surface area contributed by atoms with Crippen LogP contribution in [0.3, 0.4) is 0 Å². The summed E-state index contributed by atoms with van der Waals surface area (Å²) in [5.74, 6) is -0.777. The van der Waals surface area contributed by atoms with Gasteiger partial charge in [-0.2, -0.15) is 0 Å². The number of aliphatic carboxylic acids is 1. The molecule has 1 fully saturated rings. The molecule has 19 heavy (non-hydrogen) atoms. The number of nitrogens with one attached hydrogen (secondary N) is 1. The number of carboxylic acid groups (broad SMARTS) is 1. The van der Waals surface area contributed by atoms with Crippen molar-refractivity contribution in [3.63, 3.8) is 0 Å². The van der Waals surface area contributed by atoms with Crippen LogP contribution in [0.4, 0.5) is 0 Å². The second-order valence-electron chi connectivity index (χ2n) is 5.86. The normalized spacial score (nSPS) is 18.2. The SMILES string of the molecule is CC1(NCc2ccc(CC(=O)O)cc2)CCCCC1. The summed E-state index contributed by atoms with van der Waals surface area (Å²) < 4.78 is 0. The van der Waals surface area contributed by atoms with Crippen LogP contribution in [0.15, 0.2) is 24.3 Å².